The highest BCUT2D eigenvalue weighted by Crippen LogP contribution is 2.35. The first-order chi connectivity index (χ1) is 15.7. The molecule has 4 rings (SSSR count). The zero-order valence-electron chi connectivity index (χ0n) is 19.5. The molecule has 1 aromatic carbocycles. The molecule has 3 aromatic rings. The van der Waals surface area contributed by atoms with Gasteiger partial charge in [0.05, 0.1) is 16.9 Å². The van der Waals surface area contributed by atoms with Crippen LogP contribution in [0, 0.1) is 0 Å². The van der Waals surface area contributed by atoms with Crippen molar-refractivity contribution in [3.8, 4) is 17.0 Å². The van der Waals surface area contributed by atoms with Crippen molar-refractivity contribution >= 4 is 17.0 Å². The van der Waals surface area contributed by atoms with E-state index in [-0.39, 0.29) is 5.54 Å². The van der Waals surface area contributed by atoms with Gasteiger partial charge in [0.1, 0.15) is 6.61 Å². The van der Waals surface area contributed by atoms with E-state index in [2.05, 4.69) is 41.0 Å². The Balaban J connectivity index is 1.34. The Morgan fingerprint density at radius 2 is 2.06 bits per heavy atom. The summed E-state index contributed by atoms with van der Waals surface area (Å²) in [7, 11) is 2.03. The maximum atomic E-state index is 11.4. The molecule has 2 aromatic heterocycles. The first kappa shape index (κ1) is 23.6. The highest BCUT2D eigenvalue weighted by Gasteiger charge is 2.25. The number of nitrogens with two attached hydrogens (primary N) is 2. The number of ether oxygens (including phenoxy) is 1. The average Bonchev–Trinajstić information content (AvgIpc) is 3.45. The van der Waals surface area contributed by atoms with E-state index < -0.39 is 11.4 Å². The Morgan fingerprint density at radius 1 is 1.24 bits per heavy atom. The molecule has 1 unspecified atom stereocenters. The SMILES string of the molecule is CN(CCOc1cc(-c2ccc3c(c2N)CCC3)ccn1)CC(C)(C)n1ccc([S+](N)[O-])n1. The van der Waals surface area contributed by atoms with Crippen LogP contribution < -0.4 is 15.6 Å². The number of pyridine rings is 1. The van der Waals surface area contributed by atoms with Gasteiger partial charge in [0.25, 0.3) is 5.03 Å². The molecule has 4 N–H and O–H groups in total. The summed E-state index contributed by atoms with van der Waals surface area (Å²) in [6.07, 6.45) is 6.91. The summed E-state index contributed by atoms with van der Waals surface area (Å²) in [5.74, 6) is 0.585. The van der Waals surface area contributed by atoms with Crippen molar-refractivity contribution in [2.75, 3.05) is 32.5 Å². The first-order valence-electron chi connectivity index (χ1n) is 11.1. The van der Waals surface area contributed by atoms with Crippen LogP contribution in [0.1, 0.15) is 31.4 Å². The van der Waals surface area contributed by atoms with Crippen LogP contribution in [-0.4, -0.2) is 51.0 Å². The Hall–Kier alpha value is -2.59. The molecule has 0 aliphatic heterocycles. The van der Waals surface area contributed by atoms with Crippen molar-refractivity contribution in [2.45, 2.75) is 43.7 Å². The van der Waals surface area contributed by atoms with Gasteiger partial charge in [0.15, 0.2) is 0 Å². The second kappa shape index (κ2) is 9.72. The van der Waals surface area contributed by atoms with E-state index in [1.165, 1.54) is 17.5 Å². The number of hydrogen-bond acceptors (Lipinski definition) is 7. The van der Waals surface area contributed by atoms with Crippen molar-refractivity contribution in [1.29, 1.82) is 0 Å². The number of fused-ring (bicyclic) bond motifs is 1. The van der Waals surface area contributed by atoms with Gasteiger partial charge in [-0.25, -0.2) is 4.98 Å². The van der Waals surface area contributed by atoms with Gasteiger partial charge in [-0.1, -0.05) is 12.1 Å². The molecular weight excluding hydrogens is 436 g/mol. The Bertz CT molecular complexity index is 1110. The van der Waals surface area contributed by atoms with Crippen LogP contribution in [0.4, 0.5) is 5.69 Å². The number of nitrogens with zero attached hydrogens (tertiary/aromatic N) is 4. The van der Waals surface area contributed by atoms with E-state index >= 15 is 0 Å². The van der Waals surface area contributed by atoms with Gasteiger partial charge in [0, 0.05) is 48.9 Å². The lowest BCUT2D eigenvalue weighted by molar-refractivity contribution is 0.168. The summed E-state index contributed by atoms with van der Waals surface area (Å²) in [5.41, 5.74) is 11.8. The molecule has 176 valence electrons. The molecule has 33 heavy (non-hydrogen) atoms. The molecule has 0 fully saturated rings. The molecule has 1 atom stereocenters. The second-order valence-corrected chi connectivity index (χ2v) is 10.2. The second-order valence-electron chi connectivity index (χ2n) is 9.20. The predicted octanol–water partition coefficient (Wildman–Crippen LogP) is 2.74. The number of benzene rings is 1. The number of anilines is 1. The van der Waals surface area contributed by atoms with Crippen LogP contribution in [-0.2, 0) is 29.7 Å². The van der Waals surface area contributed by atoms with E-state index in [1.54, 1.807) is 16.9 Å². The lowest BCUT2D eigenvalue weighted by Gasteiger charge is -2.30. The van der Waals surface area contributed by atoms with Crippen LogP contribution in [0.2, 0.25) is 0 Å². The van der Waals surface area contributed by atoms with Gasteiger partial charge < -0.3 is 19.9 Å². The van der Waals surface area contributed by atoms with Crippen LogP contribution in [0.3, 0.4) is 0 Å². The van der Waals surface area contributed by atoms with E-state index in [0.29, 0.717) is 24.1 Å². The van der Waals surface area contributed by atoms with Gasteiger partial charge in [0.2, 0.25) is 5.88 Å². The third-order valence-electron chi connectivity index (χ3n) is 6.14. The maximum Gasteiger partial charge on any atom is 0.283 e. The van der Waals surface area contributed by atoms with E-state index in [9.17, 15) is 4.55 Å². The van der Waals surface area contributed by atoms with E-state index in [1.807, 2.05) is 25.4 Å². The average molecular weight is 469 g/mol. The zero-order chi connectivity index (χ0) is 23.6. The lowest BCUT2D eigenvalue weighted by atomic mass is 9.98. The molecule has 1 aliphatic rings. The van der Waals surface area contributed by atoms with E-state index in [0.717, 1.165) is 36.2 Å². The minimum atomic E-state index is -1.58. The smallest absolute Gasteiger partial charge is 0.283 e. The Labute approximate surface area is 198 Å². The summed E-state index contributed by atoms with van der Waals surface area (Å²) in [6, 6.07) is 9.92. The fourth-order valence-corrected chi connectivity index (χ4v) is 4.84. The highest BCUT2D eigenvalue weighted by atomic mass is 32.2. The fourth-order valence-electron chi connectivity index (χ4n) is 4.47. The summed E-state index contributed by atoms with van der Waals surface area (Å²) < 4.78 is 19.2. The summed E-state index contributed by atoms with van der Waals surface area (Å²) in [4.78, 5) is 6.54. The monoisotopic (exact) mass is 468 g/mol. The summed E-state index contributed by atoms with van der Waals surface area (Å²) in [6.45, 7) is 6.10. The largest absolute Gasteiger partial charge is 0.592 e. The maximum absolute atomic E-state index is 11.4. The molecule has 1 aliphatic carbocycles. The fraction of sp³-hybridized carbons (Fsp3) is 0.417. The van der Waals surface area contributed by atoms with Crippen LogP contribution in [0.15, 0.2) is 47.8 Å². The van der Waals surface area contributed by atoms with Crippen molar-refractivity contribution in [3.05, 3.63) is 53.9 Å². The summed E-state index contributed by atoms with van der Waals surface area (Å²) in [5, 5.41) is 10.2. The third-order valence-corrected chi connectivity index (χ3v) is 6.77. The molecule has 2 heterocycles. The molecule has 0 amide bonds. The number of aryl methyl sites for hydroxylation is 1. The number of nitrogen functional groups attached to an aromatic ring is 1. The number of likely N-dealkylation sites (N-methyl/N-ethyl adjacent to an activating group) is 1. The molecule has 0 saturated heterocycles. The highest BCUT2D eigenvalue weighted by molar-refractivity contribution is 7.89. The molecule has 9 heteroatoms. The Kier molecular flexibility index (Phi) is 6.94. The zero-order valence-corrected chi connectivity index (χ0v) is 20.3. The lowest BCUT2D eigenvalue weighted by Crippen LogP contribution is -2.41. The predicted molar refractivity (Wildman–Crippen MR) is 131 cm³/mol. The standard InChI is InChI=1S/C24H32N6O2S/c1-24(2,30-12-10-22(28-30)33(26)31)16-29(3)13-14-32-21-15-18(9-11-27-21)20-8-7-17-5-4-6-19(17)23(20)25/h7-12,15H,4-6,13-14,16,25-26H2,1-3H3. The molecule has 0 saturated carbocycles. The van der Waals surface area contributed by atoms with Crippen LogP contribution >= 0.6 is 0 Å². The van der Waals surface area contributed by atoms with Crippen molar-refractivity contribution in [1.82, 2.24) is 19.7 Å². The number of aromatic nitrogens is 3. The normalized spacial score (nSPS) is 14.5. The van der Waals surface area contributed by atoms with Crippen molar-refractivity contribution in [3.63, 3.8) is 0 Å². The van der Waals surface area contributed by atoms with Crippen molar-refractivity contribution in [2.24, 2.45) is 5.14 Å². The molecular formula is C24H32N6O2S. The van der Waals surface area contributed by atoms with Gasteiger partial charge in [-0.2, -0.15) is 0 Å². The number of rotatable bonds is 9. The quantitative estimate of drug-likeness (QED) is 0.366. The molecule has 8 nitrogen and oxygen atoms in total. The first-order valence-corrected chi connectivity index (χ1v) is 12.4. The third kappa shape index (κ3) is 5.33. The molecule has 0 spiro atoms. The number of hydrogen-bond donors (Lipinski definition) is 2. The van der Waals surface area contributed by atoms with Gasteiger partial charge in [-0.05, 0) is 62.9 Å². The summed E-state index contributed by atoms with van der Waals surface area (Å²) >= 11 is -1.58. The van der Waals surface area contributed by atoms with Crippen molar-refractivity contribution < 1.29 is 9.29 Å². The van der Waals surface area contributed by atoms with Crippen LogP contribution in [0.25, 0.3) is 11.1 Å². The van der Waals surface area contributed by atoms with Gasteiger partial charge >= 0.3 is 0 Å². The van der Waals surface area contributed by atoms with E-state index in [4.69, 9.17) is 15.6 Å². The minimum absolute atomic E-state index is 0.296. The Morgan fingerprint density at radius 3 is 2.82 bits per heavy atom. The topological polar surface area (TPSA) is 118 Å². The van der Waals surface area contributed by atoms with Crippen LogP contribution in [0.5, 0.6) is 5.88 Å². The van der Waals surface area contributed by atoms with Gasteiger partial charge in [-0.15, -0.1) is 10.2 Å². The minimum Gasteiger partial charge on any atom is -0.592 e. The molecule has 0 radical (unpaired) electrons. The van der Waals surface area contributed by atoms with Gasteiger partial charge in [-0.3, -0.25) is 4.68 Å². The molecule has 0 bridgehead atoms.